The number of primary amides is 1. The number of amides is 1. The predicted molar refractivity (Wildman–Crippen MR) is 49.9 cm³/mol. The fourth-order valence-corrected chi connectivity index (χ4v) is 0.878. The van der Waals surface area contributed by atoms with Crippen molar-refractivity contribution in [1.29, 1.82) is 0 Å². The monoisotopic (exact) mass is 235 g/mol. The summed E-state index contributed by atoms with van der Waals surface area (Å²) >= 11 is 3.24. The van der Waals surface area contributed by atoms with Crippen molar-refractivity contribution in [2.75, 3.05) is 0 Å². The molecule has 1 aromatic rings. The van der Waals surface area contributed by atoms with Crippen LogP contribution in [0.4, 0.5) is 0 Å². The summed E-state index contributed by atoms with van der Waals surface area (Å²) < 4.78 is 0.942. The van der Waals surface area contributed by atoms with E-state index in [1.807, 2.05) is 0 Å². The van der Waals surface area contributed by atoms with Gasteiger partial charge in [-0.2, -0.15) is 0 Å². The molecule has 0 atom stereocenters. The summed E-state index contributed by atoms with van der Waals surface area (Å²) in [5.41, 5.74) is 5.54. The molecule has 0 aromatic heterocycles. The second kappa shape index (κ2) is 4.36. The average molecular weight is 236 g/mol. The fourth-order valence-electron chi connectivity index (χ4n) is 0.614. The Balaban J connectivity index is 0.000001000. The quantitative estimate of drug-likeness (QED) is 0.796. The molecule has 11 heavy (non-hydrogen) atoms. The molecule has 0 aliphatic rings. The normalized spacial score (nSPS) is 8.45. The zero-order chi connectivity index (χ0) is 7.56. The molecule has 0 fully saturated rings. The Morgan fingerprint density at radius 3 is 2.09 bits per heavy atom. The Labute approximate surface area is 79.3 Å². The van der Waals surface area contributed by atoms with Crippen LogP contribution in [-0.2, 0) is 0 Å². The summed E-state index contributed by atoms with van der Waals surface area (Å²) in [6.45, 7) is 0. The molecule has 0 unspecified atom stereocenters. The second-order valence-electron chi connectivity index (χ2n) is 1.87. The zero-order valence-electron chi connectivity index (χ0n) is 5.58. The van der Waals surface area contributed by atoms with Crippen molar-refractivity contribution in [3.63, 3.8) is 0 Å². The summed E-state index contributed by atoms with van der Waals surface area (Å²) in [4.78, 5) is 10.5. The van der Waals surface area contributed by atoms with E-state index < -0.39 is 5.91 Å². The standard InChI is InChI=1S/C7H6BrNO.ClH/c8-6-3-1-5(2-4-6)7(9)10;/h1-4H,(H2,9,10);1H. The lowest BCUT2D eigenvalue weighted by molar-refractivity contribution is 0.100. The number of nitrogens with two attached hydrogens (primary N) is 1. The van der Waals surface area contributed by atoms with Crippen LogP contribution in [0.5, 0.6) is 0 Å². The molecule has 2 nitrogen and oxygen atoms in total. The third-order valence-electron chi connectivity index (χ3n) is 1.13. The van der Waals surface area contributed by atoms with Crippen LogP contribution in [0.25, 0.3) is 0 Å². The minimum atomic E-state index is -0.396. The average Bonchev–Trinajstić information content (AvgIpc) is 1.88. The van der Waals surface area contributed by atoms with Gasteiger partial charge in [-0.1, -0.05) is 15.9 Å². The third kappa shape index (κ3) is 2.91. The highest BCUT2D eigenvalue weighted by Crippen LogP contribution is 2.09. The van der Waals surface area contributed by atoms with Crippen LogP contribution in [0.2, 0.25) is 0 Å². The minimum Gasteiger partial charge on any atom is -0.366 e. The van der Waals surface area contributed by atoms with E-state index in [9.17, 15) is 4.79 Å². The van der Waals surface area contributed by atoms with E-state index in [0.29, 0.717) is 5.56 Å². The maximum atomic E-state index is 10.5. The fraction of sp³-hybridized carbons (Fsp3) is 0. The van der Waals surface area contributed by atoms with Gasteiger partial charge in [0.25, 0.3) is 0 Å². The lowest BCUT2D eigenvalue weighted by Gasteiger charge is -1.92. The van der Waals surface area contributed by atoms with E-state index >= 15 is 0 Å². The molecule has 0 saturated heterocycles. The Hall–Kier alpha value is -0.540. The second-order valence-corrected chi connectivity index (χ2v) is 2.79. The molecule has 0 aliphatic carbocycles. The zero-order valence-corrected chi connectivity index (χ0v) is 7.98. The molecular weight excluding hydrogens is 229 g/mol. The lowest BCUT2D eigenvalue weighted by atomic mass is 10.2. The summed E-state index contributed by atoms with van der Waals surface area (Å²) in [6, 6.07) is 6.90. The van der Waals surface area contributed by atoms with Crippen LogP contribution < -0.4 is 5.73 Å². The Morgan fingerprint density at radius 2 is 1.73 bits per heavy atom. The first kappa shape index (κ1) is 10.5. The third-order valence-corrected chi connectivity index (χ3v) is 1.66. The highest BCUT2D eigenvalue weighted by Gasteiger charge is 1.96. The van der Waals surface area contributed by atoms with Gasteiger partial charge in [0, 0.05) is 10.0 Å². The van der Waals surface area contributed by atoms with Crippen molar-refractivity contribution in [3.8, 4) is 0 Å². The molecule has 0 spiro atoms. The van der Waals surface area contributed by atoms with Crippen molar-refractivity contribution in [2.24, 2.45) is 5.73 Å². The Kier molecular flexibility index (Phi) is 4.15. The first-order valence-electron chi connectivity index (χ1n) is 2.75. The SMILES string of the molecule is Cl.NC(=O)c1ccc(Br)cc1. The van der Waals surface area contributed by atoms with Gasteiger partial charge in [0.15, 0.2) is 0 Å². The number of carbonyl (C=O) groups is 1. The lowest BCUT2D eigenvalue weighted by Crippen LogP contribution is -2.10. The van der Waals surface area contributed by atoms with E-state index in [-0.39, 0.29) is 12.4 Å². The van der Waals surface area contributed by atoms with Gasteiger partial charge in [0.05, 0.1) is 0 Å². The smallest absolute Gasteiger partial charge is 0.248 e. The number of hydrogen-bond donors (Lipinski definition) is 1. The molecule has 1 aromatic carbocycles. The topological polar surface area (TPSA) is 43.1 Å². The van der Waals surface area contributed by atoms with Gasteiger partial charge in [-0.05, 0) is 24.3 Å². The van der Waals surface area contributed by atoms with Gasteiger partial charge >= 0.3 is 0 Å². The van der Waals surface area contributed by atoms with Gasteiger partial charge in [-0.15, -0.1) is 12.4 Å². The first-order chi connectivity index (χ1) is 4.70. The van der Waals surface area contributed by atoms with Crippen molar-refractivity contribution in [1.82, 2.24) is 0 Å². The highest BCUT2D eigenvalue weighted by molar-refractivity contribution is 9.10. The Bertz CT molecular complexity index is 247. The van der Waals surface area contributed by atoms with Crippen LogP contribution in [0.1, 0.15) is 10.4 Å². The van der Waals surface area contributed by atoms with E-state index in [0.717, 1.165) is 4.47 Å². The Morgan fingerprint density at radius 1 is 1.27 bits per heavy atom. The molecular formula is C7H7BrClNO. The van der Waals surface area contributed by atoms with Gasteiger partial charge in [0.2, 0.25) is 5.91 Å². The molecule has 0 bridgehead atoms. The molecule has 1 amide bonds. The van der Waals surface area contributed by atoms with Crippen LogP contribution in [0.3, 0.4) is 0 Å². The summed E-state index contributed by atoms with van der Waals surface area (Å²) in [6.07, 6.45) is 0. The van der Waals surface area contributed by atoms with Crippen LogP contribution in [-0.4, -0.2) is 5.91 Å². The molecule has 0 saturated carbocycles. The number of carbonyl (C=O) groups excluding carboxylic acids is 1. The van der Waals surface area contributed by atoms with Crippen LogP contribution in [0.15, 0.2) is 28.7 Å². The van der Waals surface area contributed by atoms with Crippen molar-refractivity contribution >= 4 is 34.2 Å². The minimum absolute atomic E-state index is 0. The summed E-state index contributed by atoms with van der Waals surface area (Å²) in [7, 11) is 0. The molecule has 0 heterocycles. The predicted octanol–water partition coefficient (Wildman–Crippen LogP) is 1.97. The van der Waals surface area contributed by atoms with Gasteiger partial charge in [0.1, 0.15) is 0 Å². The van der Waals surface area contributed by atoms with Crippen molar-refractivity contribution in [2.45, 2.75) is 0 Å². The number of halogens is 2. The summed E-state index contributed by atoms with van der Waals surface area (Å²) in [5, 5.41) is 0. The van der Waals surface area contributed by atoms with E-state index in [1.54, 1.807) is 24.3 Å². The molecule has 60 valence electrons. The molecule has 2 N–H and O–H groups in total. The maximum Gasteiger partial charge on any atom is 0.248 e. The van der Waals surface area contributed by atoms with Crippen LogP contribution in [0, 0.1) is 0 Å². The number of benzene rings is 1. The van der Waals surface area contributed by atoms with E-state index in [2.05, 4.69) is 15.9 Å². The maximum absolute atomic E-state index is 10.5. The van der Waals surface area contributed by atoms with Gasteiger partial charge < -0.3 is 5.73 Å². The van der Waals surface area contributed by atoms with E-state index in [4.69, 9.17) is 5.73 Å². The molecule has 4 heteroatoms. The first-order valence-corrected chi connectivity index (χ1v) is 3.55. The number of rotatable bonds is 1. The molecule has 0 aliphatic heterocycles. The summed E-state index contributed by atoms with van der Waals surface area (Å²) in [5.74, 6) is -0.396. The van der Waals surface area contributed by atoms with Gasteiger partial charge in [-0.25, -0.2) is 0 Å². The van der Waals surface area contributed by atoms with Crippen molar-refractivity contribution < 1.29 is 4.79 Å². The molecule has 1 rings (SSSR count). The molecule has 0 radical (unpaired) electrons. The van der Waals surface area contributed by atoms with Gasteiger partial charge in [-0.3, -0.25) is 4.79 Å². The van der Waals surface area contributed by atoms with E-state index in [1.165, 1.54) is 0 Å². The van der Waals surface area contributed by atoms with Crippen LogP contribution >= 0.6 is 28.3 Å². The number of hydrogen-bond acceptors (Lipinski definition) is 1. The highest BCUT2D eigenvalue weighted by atomic mass is 79.9. The van der Waals surface area contributed by atoms with Crippen molar-refractivity contribution in [3.05, 3.63) is 34.3 Å². The largest absolute Gasteiger partial charge is 0.366 e.